The topological polar surface area (TPSA) is 49.3 Å². The predicted octanol–water partition coefficient (Wildman–Crippen LogP) is 3.15. The molecule has 2 aromatic rings. The molecule has 0 saturated heterocycles. The van der Waals surface area contributed by atoms with E-state index in [4.69, 9.17) is 0 Å². The zero-order valence-corrected chi connectivity index (χ0v) is 12.8. The fourth-order valence-corrected chi connectivity index (χ4v) is 2.62. The fourth-order valence-electron chi connectivity index (χ4n) is 1.86. The Morgan fingerprint density at radius 3 is 2.43 bits per heavy atom. The average molecular weight is 301 g/mol. The van der Waals surface area contributed by atoms with Crippen molar-refractivity contribution in [2.75, 3.05) is 12.3 Å². The van der Waals surface area contributed by atoms with Crippen LogP contribution < -0.4 is 5.32 Å². The first-order chi connectivity index (χ1) is 10.1. The lowest BCUT2D eigenvalue weighted by atomic mass is 10.1. The van der Waals surface area contributed by atoms with Crippen LogP contribution in [-0.4, -0.2) is 23.3 Å². The van der Waals surface area contributed by atoms with Gasteiger partial charge in [-0.15, -0.1) is 11.8 Å². The zero-order valence-electron chi connectivity index (χ0n) is 12.0. The smallest absolute Gasteiger partial charge is 0.224 e. The SMILES string of the molecule is Cc1ccc(SCCNC(=O)Cc2ccc(O)cc2)cc1. The van der Waals surface area contributed by atoms with E-state index in [2.05, 4.69) is 36.5 Å². The number of rotatable bonds is 6. The summed E-state index contributed by atoms with van der Waals surface area (Å²) < 4.78 is 0. The van der Waals surface area contributed by atoms with Crippen LogP contribution in [0, 0.1) is 6.92 Å². The van der Waals surface area contributed by atoms with Gasteiger partial charge in [0.2, 0.25) is 5.91 Å². The van der Waals surface area contributed by atoms with Crippen molar-refractivity contribution in [3.63, 3.8) is 0 Å². The van der Waals surface area contributed by atoms with E-state index in [1.54, 1.807) is 36.0 Å². The molecule has 0 spiro atoms. The van der Waals surface area contributed by atoms with E-state index in [1.165, 1.54) is 10.5 Å². The quantitative estimate of drug-likeness (QED) is 0.636. The number of amides is 1. The zero-order chi connectivity index (χ0) is 15.1. The van der Waals surface area contributed by atoms with Gasteiger partial charge < -0.3 is 10.4 Å². The van der Waals surface area contributed by atoms with Gasteiger partial charge in [-0.25, -0.2) is 0 Å². The number of carbonyl (C=O) groups excluding carboxylic acids is 1. The second-order valence-electron chi connectivity index (χ2n) is 4.85. The first kappa shape index (κ1) is 15.4. The Morgan fingerprint density at radius 2 is 1.76 bits per heavy atom. The Kier molecular flexibility index (Phi) is 5.69. The number of hydrogen-bond donors (Lipinski definition) is 2. The monoisotopic (exact) mass is 301 g/mol. The highest BCUT2D eigenvalue weighted by molar-refractivity contribution is 7.99. The van der Waals surface area contributed by atoms with Crippen LogP contribution >= 0.6 is 11.8 Å². The molecule has 3 nitrogen and oxygen atoms in total. The Balaban J connectivity index is 1.67. The maximum absolute atomic E-state index is 11.8. The van der Waals surface area contributed by atoms with Crippen molar-refractivity contribution in [3.8, 4) is 5.75 Å². The summed E-state index contributed by atoms with van der Waals surface area (Å²) in [5.74, 6) is 1.07. The molecule has 0 aliphatic heterocycles. The first-order valence-corrected chi connectivity index (χ1v) is 7.86. The van der Waals surface area contributed by atoms with E-state index >= 15 is 0 Å². The number of aromatic hydroxyl groups is 1. The summed E-state index contributed by atoms with van der Waals surface area (Å²) in [7, 11) is 0. The minimum Gasteiger partial charge on any atom is -0.508 e. The molecular weight excluding hydrogens is 282 g/mol. The number of nitrogens with one attached hydrogen (secondary N) is 1. The van der Waals surface area contributed by atoms with E-state index in [0.717, 1.165) is 11.3 Å². The van der Waals surface area contributed by atoms with E-state index in [9.17, 15) is 9.90 Å². The van der Waals surface area contributed by atoms with Gasteiger partial charge in [0.1, 0.15) is 5.75 Å². The molecule has 2 rings (SSSR count). The molecule has 0 aromatic heterocycles. The van der Waals surface area contributed by atoms with E-state index in [1.807, 2.05) is 0 Å². The Labute approximate surface area is 129 Å². The van der Waals surface area contributed by atoms with Crippen LogP contribution in [-0.2, 0) is 11.2 Å². The van der Waals surface area contributed by atoms with Crippen LogP contribution in [0.3, 0.4) is 0 Å². The van der Waals surface area contributed by atoms with Crippen molar-refractivity contribution < 1.29 is 9.90 Å². The number of hydrogen-bond acceptors (Lipinski definition) is 3. The second-order valence-corrected chi connectivity index (χ2v) is 6.02. The van der Waals surface area contributed by atoms with Gasteiger partial charge in [0, 0.05) is 17.2 Å². The summed E-state index contributed by atoms with van der Waals surface area (Å²) in [4.78, 5) is 13.0. The van der Waals surface area contributed by atoms with Crippen LogP contribution in [0.2, 0.25) is 0 Å². The molecule has 0 saturated carbocycles. The minimum atomic E-state index is 0.00481. The highest BCUT2D eigenvalue weighted by Crippen LogP contribution is 2.17. The van der Waals surface area contributed by atoms with Crippen LogP contribution in [0.5, 0.6) is 5.75 Å². The highest BCUT2D eigenvalue weighted by atomic mass is 32.2. The van der Waals surface area contributed by atoms with E-state index in [0.29, 0.717) is 13.0 Å². The van der Waals surface area contributed by atoms with Gasteiger partial charge in [-0.1, -0.05) is 29.8 Å². The van der Waals surface area contributed by atoms with Crippen LogP contribution in [0.25, 0.3) is 0 Å². The van der Waals surface area contributed by atoms with Gasteiger partial charge in [-0.05, 0) is 36.8 Å². The molecule has 1 amide bonds. The van der Waals surface area contributed by atoms with E-state index < -0.39 is 0 Å². The molecule has 0 unspecified atom stereocenters. The van der Waals surface area contributed by atoms with Gasteiger partial charge in [0.25, 0.3) is 0 Å². The molecule has 0 heterocycles. The van der Waals surface area contributed by atoms with Gasteiger partial charge in [0.15, 0.2) is 0 Å². The molecule has 0 bridgehead atoms. The van der Waals surface area contributed by atoms with Crippen LogP contribution in [0.4, 0.5) is 0 Å². The molecule has 0 atom stereocenters. The third-order valence-corrected chi connectivity index (χ3v) is 4.03. The summed E-state index contributed by atoms with van der Waals surface area (Å²) in [5.41, 5.74) is 2.15. The van der Waals surface area contributed by atoms with Crippen molar-refractivity contribution in [2.24, 2.45) is 0 Å². The van der Waals surface area contributed by atoms with Gasteiger partial charge >= 0.3 is 0 Å². The lowest BCUT2D eigenvalue weighted by Crippen LogP contribution is -2.27. The average Bonchev–Trinajstić information content (AvgIpc) is 2.48. The first-order valence-electron chi connectivity index (χ1n) is 6.87. The standard InChI is InChI=1S/C17H19NO2S/c1-13-2-8-16(9-3-13)21-11-10-18-17(20)12-14-4-6-15(19)7-5-14/h2-9,19H,10-12H2,1H3,(H,18,20). The minimum absolute atomic E-state index is 0.00481. The molecule has 2 N–H and O–H groups in total. The summed E-state index contributed by atoms with van der Waals surface area (Å²) >= 11 is 1.73. The third kappa shape index (κ3) is 5.52. The molecule has 0 aliphatic rings. The van der Waals surface area contributed by atoms with Crippen molar-refractivity contribution in [3.05, 3.63) is 59.7 Å². The Bertz CT molecular complexity index is 579. The van der Waals surface area contributed by atoms with Crippen LogP contribution in [0.1, 0.15) is 11.1 Å². The Hall–Kier alpha value is -1.94. The molecule has 21 heavy (non-hydrogen) atoms. The fraction of sp³-hybridized carbons (Fsp3) is 0.235. The second kappa shape index (κ2) is 7.74. The summed E-state index contributed by atoms with van der Waals surface area (Å²) in [6.45, 7) is 2.72. The summed E-state index contributed by atoms with van der Waals surface area (Å²) in [6.07, 6.45) is 0.343. The number of benzene rings is 2. The van der Waals surface area contributed by atoms with Gasteiger partial charge in [-0.2, -0.15) is 0 Å². The molecule has 110 valence electrons. The lowest BCUT2D eigenvalue weighted by Gasteiger charge is -2.06. The van der Waals surface area contributed by atoms with Gasteiger partial charge in [-0.3, -0.25) is 4.79 Å². The molecule has 0 aliphatic carbocycles. The van der Waals surface area contributed by atoms with Crippen molar-refractivity contribution in [1.29, 1.82) is 0 Å². The number of carbonyl (C=O) groups is 1. The van der Waals surface area contributed by atoms with Crippen LogP contribution in [0.15, 0.2) is 53.4 Å². The number of aryl methyl sites for hydroxylation is 1. The lowest BCUT2D eigenvalue weighted by molar-refractivity contribution is -0.120. The van der Waals surface area contributed by atoms with Crippen molar-refractivity contribution in [2.45, 2.75) is 18.2 Å². The number of phenolic OH excluding ortho intramolecular Hbond substituents is 1. The largest absolute Gasteiger partial charge is 0.508 e. The number of phenols is 1. The summed E-state index contributed by atoms with van der Waals surface area (Å²) in [5, 5.41) is 12.1. The predicted molar refractivity (Wildman–Crippen MR) is 86.7 cm³/mol. The Morgan fingerprint density at radius 1 is 1.10 bits per heavy atom. The highest BCUT2D eigenvalue weighted by Gasteiger charge is 2.03. The normalized spacial score (nSPS) is 10.3. The third-order valence-electron chi connectivity index (χ3n) is 3.01. The van der Waals surface area contributed by atoms with Crippen molar-refractivity contribution in [1.82, 2.24) is 5.32 Å². The molecule has 0 radical (unpaired) electrons. The number of thioether (sulfide) groups is 1. The van der Waals surface area contributed by atoms with Gasteiger partial charge in [0.05, 0.1) is 6.42 Å². The molecule has 2 aromatic carbocycles. The molecule has 4 heteroatoms. The maximum Gasteiger partial charge on any atom is 0.224 e. The van der Waals surface area contributed by atoms with E-state index in [-0.39, 0.29) is 11.7 Å². The molecular formula is C17H19NO2S. The molecule has 0 fully saturated rings. The maximum atomic E-state index is 11.8. The van der Waals surface area contributed by atoms with Crippen molar-refractivity contribution >= 4 is 17.7 Å². The summed E-state index contributed by atoms with van der Waals surface area (Å²) in [6, 6.07) is 15.1.